The molecule has 0 aliphatic rings. The minimum absolute atomic E-state index is 0.0835. The Morgan fingerprint density at radius 3 is 2.32 bits per heavy atom. The van der Waals surface area contributed by atoms with Crippen LogP contribution in [-0.2, 0) is 26.9 Å². The van der Waals surface area contributed by atoms with Gasteiger partial charge in [-0.2, -0.15) is 13.2 Å². The van der Waals surface area contributed by atoms with E-state index in [1.807, 2.05) is 0 Å². The van der Waals surface area contributed by atoms with Crippen molar-refractivity contribution in [1.29, 1.82) is 0 Å². The van der Waals surface area contributed by atoms with Gasteiger partial charge in [0.2, 0.25) is 0 Å². The van der Waals surface area contributed by atoms with E-state index in [0.717, 1.165) is 31.4 Å². The van der Waals surface area contributed by atoms with E-state index in [-0.39, 0.29) is 12.0 Å². The number of aliphatic hydroxyl groups is 1. The first-order valence-corrected chi connectivity index (χ1v) is 8.09. The molecule has 2 aromatic carbocycles. The molecule has 150 valence electrons. The summed E-state index contributed by atoms with van der Waals surface area (Å²) < 4.78 is 55.7. The predicted octanol–water partition coefficient (Wildman–Crippen LogP) is 2.78. The Kier molecular flexibility index (Phi) is 6.74. The SMILES string of the molecule is COC(=O)[C@H](Cc1cccc(F)c1)NC(=O)[C@@H](O)c1ccc(C(F)(F)F)cc1. The maximum Gasteiger partial charge on any atom is 0.416 e. The summed E-state index contributed by atoms with van der Waals surface area (Å²) in [5.41, 5.74) is -0.609. The van der Waals surface area contributed by atoms with Gasteiger partial charge in [-0.25, -0.2) is 9.18 Å². The number of aliphatic hydroxyl groups excluding tert-OH is 1. The molecule has 2 atom stereocenters. The fourth-order valence-electron chi connectivity index (χ4n) is 2.49. The van der Waals surface area contributed by atoms with Crippen molar-refractivity contribution in [3.8, 4) is 0 Å². The molecule has 0 aliphatic carbocycles. The molecule has 0 radical (unpaired) electrons. The number of carbonyl (C=O) groups is 2. The number of methoxy groups -OCH3 is 1. The zero-order chi connectivity index (χ0) is 20.9. The lowest BCUT2D eigenvalue weighted by molar-refractivity contribution is -0.146. The zero-order valence-electron chi connectivity index (χ0n) is 14.7. The highest BCUT2D eigenvalue weighted by Gasteiger charge is 2.31. The largest absolute Gasteiger partial charge is 0.467 e. The third kappa shape index (κ3) is 5.53. The first-order chi connectivity index (χ1) is 13.1. The van der Waals surface area contributed by atoms with Crippen LogP contribution < -0.4 is 5.32 Å². The summed E-state index contributed by atoms with van der Waals surface area (Å²) in [4.78, 5) is 24.2. The highest BCUT2D eigenvalue weighted by molar-refractivity contribution is 5.87. The second-order valence-electron chi connectivity index (χ2n) is 5.94. The normalized spacial score (nSPS) is 13.5. The first kappa shape index (κ1) is 21.4. The lowest BCUT2D eigenvalue weighted by Crippen LogP contribution is -2.45. The van der Waals surface area contributed by atoms with Crippen LogP contribution in [0.4, 0.5) is 17.6 Å². The highest BCUT2D eigenvalue weighted by atomic mass is 19.4. The summed E-state index contributed by atoms with van der Waals surface area (Å²) in [6, 6.07) is 7.53. The fourth-order valence-corrected chi connectivity index (χ4v) is 2.49. The molecule has 0 unspecified atom stereocenters. The van der Waals surface area contributed by atoms with Crippen LogP contribution in [0.1, 0.15) is 22.8 Å². The van der Waals surface area contributed by atoms with Crippen molar-refractivity contribution < 1.29 is 37.0 Å². The van der Waals surface area contributed by atoms with Gasteiger partial charge >= 0.3 is 12.1 Å². The molecule has 0 bridgehead atoms. The Bertz CT molecular complexity index is 837. The van der Waals surface area contributed by atoms with Crippen molar-refractivity contribution in [3.63, 3.8) is 0 Å². The number of nitrogens with one attached hydrogen (secondary N) is 1. The molecule has 0 spiro atoms. The molecule has 2 aromatic rings. The number of hydrogen-bond donors (Lipinski definition) is 2. The number of benzene rings is 2. The second-order valence-corrected chi connectivity index (χ2v) is 5.94. The number of amides is 1. The van der Waals surface area contributed by atoms with Gasteiger partial charge in [-0.3, -0.25) is 4.79 Å². The topological polar surface area (TPSA) is 75.6 Å². The van der Waals surface area contributed by atoms with Gasteiger partial charge in [0.1, 0.15) is 11.9 Å². The van der Waals surface area contributed by atoms with E-state index >= 15 is 0 Å². The van der Waals surface area contributed by atoms with Crippen LogP contribution in [0.15, 0.2) is 48.5 Å². The van der Waals surface area contributed by atoms with E-state index in [1.165, 1.54) is 24.3 Å². The Morgan fingerprint density at radius 1 is 1.14 bits per heavy atom. The summed E-state index contributed by atoms with van der Waals surface area (Å²) in [6.45, 7) is 0. The van der Waals surface area contributed by atoms with Crippen LogP contribution in [0.25, 0.3) is 0 Å². The molecule has 2 rings (SSSR count). The van der Waals surface area contributed by atoms with Crippen LogP contribution in [0.2, 0.25) is 0 Å². The predicted molar refractivity (Wildman–Crippen MR) is 90.5 cm³/mol. The number of esters is 1. The van der Waals surface area contributed by atoms with Gasteiger partial charge in [0, 0.05) is 6.42 Å². The lowest BCUT2D eigenvalue weighted by Gasteiger charge is -2.19. The highest BCUT2D eigenvalue weighted by Crippen LogP contribution is 2.30. The molecular weight excluding hydrogens is 382 g/mol. The number of carbonyl (C=O) groups excluding carboxylic acids is 2. The molecule has 28 heavy (non-hydrogen) atoms. The number of halogens is 4. The lowest BCUT2D eigenvalue weighted by atomic mass is 10.0. The number of rotatable bonds is 6. The van der Waals surface area contributed by atoms with Gasteiger partial charge in [0.25, 0.3) is 5.91 Å². The van der Waals surface area contributed by atoms with Crippen LogP contribution >= 0.6 is 0 Å². The quantitative estimate of drug-likeness (QED) is 0.579. The van der Waals surface area contributed by atoms with Gasteiger partial charge in [-0.05, 0) is 35.4 Å². The molecule has 0 heterocycles. The van der Waals surface area contributed by atoms with E-state index < -0.39 is 41.6 Å². The molecule has 0 aromatic heterocycles. The van der Waals surface area contributed by atoms with Gasteiger partial charge < -0.3 is 15.2 Å². The van der Waals surface area contributed by atoms with E-state index in [1.54, 1.807) is 0 Å². The zero-order valence-corrected chi connectivity index (χ0v) is 14.7. The molecule has 0 saturated heterocycles. The summed E-state index contributed by atoms with van der Waals surface area (Å²) in [6.07, 6.45) is -6.45. The molecule has 2 N–H and O–H groups in total. The number of ether oxygens (including phenoxy) is 1. The number of alkyl halides is 3. The summed E-state index contributed by atoms with van der Waals surface area (Å²) in [7, 11) is 1.10. The van der Waals surface area contributed by atoms with Crippen molar-refractivity contribution in [3.05, 3.63) is 71.0 Å². The summed E-state index contributed by atoms with van der Waals surface area (Å²) in [5, 5.41) is 12.4. The third-order valence-corrected chi connectivity index (χ3v) is 3.93. The standard InChI is InChI=1S/C19H17F4NO4/c1-28-18(27)15(10-11-3-2-4-14(20)9-11)24-17(26)16(25)12-5-7-13(8-6-12)19(21,22)23/h2-9,15-16,25H,10H2,1H3,(H,24,26)/t15-,16-/m0/s1. The Morgan fingerprint density at radius 2 is 1.79 bits per heavy atom. The summed E-state index contributed by atoms with van der Waals surface area (Å²) in [5.74, 6) is -2.36. The molecule has 9 heteroatoms. The Balaban J connectivity index is 2.12. The van der Waals surface area contributed by atoms with Crippen molar-refractivity contribution in [2.24, 2.45) is 0 Å². The third-order valence-electron chi connectivity index (χ3n) is 3.93. The first-order valence-electron chi connectivity index (χ1n) is 8.09. The molecule has 0 aliphatic heterocycles. The fraction of sp³-hybridized carbons (Fsp3) is 0.263. The van der Waals surface area contributed by atoms with Crippen LogP contribution in [-0.4, -0.2) is 30.1 Å². The Hall–Kier alpha value is -2.94. The minimum Gasteiger partial charge on any atom is -0.467 e. The van der Waals surface area contributed by atoms with E-state index in [2.05, 4.69) is 10.1 Å². The van der Waals surface area contributed by atoms with Crippen molar-refractivity contribution in [2.75, 3.05) is 7.11 Å². The average molecular weight is 399 g/mol. The monoisotopic (exact) mass is 399 g/mol. The molecular formula is C19H17F4NO4. The van der Waals surface area contributed by atoms with E-state index in [0.29, 0.717) is 5.56 Å². The van der Waals surface area contributed by atoms with E-state index in [9.17, 15) is 32.3 Å². The van der Waals surface area contributed by atoms with Gasteiger partial charge in [0.15, 0.2) is 6.10 Å². The molecule has 0 fully saturated rings. The van der Waals surface area contributed by atoms with Crippen LogP contribution in [0, 0.1) is 5.82 Å². The van der Waals surface area contributed by atoms with Gasteiger partial charge in [-0.1, -0.05) is 24.3 Å². The average Bonchev–Trinajstić information content (AvgIpc) is 2.65. The van der Waals surface area contributed by atoms with Crippen molar-refractivity contribution >= 4 is 11.9 Å². The molecule has 1 amide bonds. The second kappa shape index (κ2) is 8.83. The molecule has 0 saturated carbocycles. The molecule has 5 nitrogen and oxygen atoms in total. The van der Waals surface area contributed by atoms with Crippen LogP contribution in [0.3, 0.4) is 0 Å². The number of hydrogen-bond acceptors (Lipinski definition) is 4. The summed E-state index contributed by atoms with van der Waals surface area (Å²) >= 11 is 0. The Labute approximate surface area is 157 Å². The maximum atomic E-state index is 13.3. The van der Waals surface area contributed by atoms with E-state index in [4.69, 9.17) is 0 Å². The smallest absolute Gasteiger partial charge is 0.416 e. The van der Waals surface area contributed by atoms with Gasteiger partial charge in [-0.15, -0.1) is 0 Å². The maximum absolute atomic E-state index is 13.3. The van der Waals surface area contributed by atoms with Crippen LogP contribution in [0.5, 0.6) is 0 Å². The minimum atomic E-state index is -4.55. The van der Waals surface area contributed by atoms with Crippen molar-refractivity contribution in [1.82, 2.24) is 5.32 Å². The van der Waals surface area contributed by atoms with Crippen molar-refractivity contribution in [2.45, 2.75) is 24.7 Å². The van der Waals surface area contributed by atoms with Gasteiger partial charge in [0.05, 0.1) is 12.7 Å².